The maximum Gasteiger partial charge on any atom is 0.161 e. The van der Waals surface area contributed by atoms with E-state index in [1.807, 2.05) is 13.8 Å². The summed E-state index contributed by atoms with van der Waals surface area (Å²) in [6, 6.07) is 0. The van der Waals surface area contributed by atoms with Gasteiger partial charge in [0.15, 0.2) is 5.78 Å². The first-order chi connectivity index (χ1) is 6.56. The second-order valence-corrected chi connectivity index (χ2v) is 4.11. The number of aliphatic hydroxyl groups is 1. The van der Waals surface area contributed by atoms with Gasteiger partial charge in [0.2, 0.25) is 0 Å². The minimum atomic E-state index is -0.596. The molecule has 1 rings (SSSR count). The van der Waals surface area contributed by atoms with Crippen molar-refractivity contribution in [3.63, 3.8) is 0 Å². The standard InChI is InChI=1S/C11H18O3/c1-7-4-9(12)11(10(13)5-7)8(2)6-14-3/h7,9,12H,4-6H2,1-3H3. The van der Waals surface area contributed by atoms with Crippen LogP contribution in [0.3, 0.4) is 0 Å². The summed E-state index contributed by atoms with van der Waals surface area (Å²) in [5.41, 5.74) is 1.43. The molecular weight excluding hydrogens is 180 g/mol. The Kier molecular flexibility index (Phi) is 3.84. The summed E-state index contributed by atoms with van der Waals surface area (Å²) in [4.78, 5) is 11.7. The van der Waals surface area contributed by atoms with Gasteiger partial charge in [-0.05, 0) is 24.8 Å². The van der Waals surface area contributed by atoms with Crippen LogP contribution in [0.2, 0.25) is 0 Å². The van der Waals surface area contributed by atoms with Crippen LogP contribution >= 0.6 is 0 Å². The first kappa shape index (κ1) is 11.4. The Morgan fingerprint density at radius 1 is 1.64 bits per heavy atom. The van der Waals surface area contributed by atoms with Gasteiger partial charge in [-0.1, -0.05) is 6.92 Å². The molecule has 80 valence electrons. The summed E-state index contributed by atoms with van der Waals surface area (Å²) in [6.07, 6.45) is 0.636. The SMILES string of the molecule is COCC(C)=C1C(=O)CC(C)CC1O. The molecule has 3 nitrogen and oxygen atoms in total. The monoisotopic (exact) mass is 198 g/mol. The Morgan fingerprint density at radius 2 is 2.29 bits per heavy atom. The van der Waals surface area contributed by atoms with E-state index in [0.717, 1.165) is 5.57 Å². The first-order valence-electron chi connectivity index (χ1n) is 4.96. The van der Waals surface area contributed by atoms with E-state index in [-0.39, 0.29) is 11.7 Å². The van der Waals surface area contributed by atoms with Gasteiger partial charge in [-0.25, -0.2) is 0 Å². The molecule has 1 N–H and O–H groups in total. The number of ketones is 1. The zero-order valence-electron chi connectivity index (χ0n) is 9.04. The Bertz CT molecular complexity index is 255. The maximum absolute atomic E-state index is 11.7. The van der Waals surface area contributed by atoms with Crippen LogP contribution in [-0.4, -0.2) is 30.7 Å². The fourth-order valence-electron chi connectivity index (χ4n) is 2.01. The van der Waals surface area contributed by atoms with Crippen molar-refractivity contribution in [2.75, 3.05) is 13.7 Å². The lowest BCUT2D eigenvalue weighted by molar-refractivity contribution is -0.119. The molecule has 0 amide bonds. The van der Waals surface area contributed by atoms with E-state index in [9.17, 15) is 9.90 Å². The van der Waals surface area contributed by atoms with Crippen molar-refractivity contribution in [3.8, 4) is 0 Å². The number of rotatable bonds is 2. The molecule has 0 aliphatic heterocycles. The second-order valence-electron chi connectivity index (χ2n) is 4.11. The van der Waals surface area contributed by atoms with Gasteiger partial charge < -0.3 is 9.84 Å². The molecule has 2 atom stereocenters. The minimum Gasteiger partial charge on any atom is -0.388 e. The predicted octanol–water partition coefficient (Wildman–Crippen LogP) is 1.31. The Hall–Kier alpha value is -0.670. The number of methoxy groups -OCH3 is 1. The summed E-state index contributed by atoms with van der Waals surface area (Å²) >= 11 is 0. The topological polar surface area (TPSA) is 46.5 Å². The molecule has 0 aromatic heterocycles. The molecule has 1 saturated carbocycles. The molecule has 0 aromatic carbocycles. The molecule has 1 aliphatic carbocycles. The fraction of sp³-hybridized carbons (Fsp3) is 0.727. The van der Waals surface area contributed by atoms with Crippen molar-refractivity contribution in [2.45, 2.75) is 32.8 Å². The predicted molar refractivity (Wildman–Crippen MR) is 54.0 cm³/mol. The summed E-state index contributed by atoms with van der Waals surface area (Å²) < 4.78 is 4.96. The van der Waals surface area contributed by atoms with Crippen molar-refractivity contribution >= 4 is 5.78 Å². The third-order valence-corrected chi connectivity index (χ3v) is 2.61. The number of carbonyl (C=O) groups excluding carboxylic acids is 1. The van der Waals surface area contributed by atoms with Crippen molar-refractivity contribution in [3.05, 3.63) is 11.1 Å². The zero-order valence-corrected chi connectivity index (χ0v) is 9.04. The Labute approximate surface area is 84.8 Å². The first-order valence-corrected chi connectivity index (χ1v) is 4.96. The molecule has 0 bridgehead atoms. The minimum absolute atomic E-state index is 0.0748. The number of aliphatic hydroxyl groups excluding tert-OH is 1. The molecule has 0 heterocycles. The Morgan fingerprint density at radius 3 is 2.79 bits per heavy atom. The van der Waals surface area contributed by atoms with Crippen LogP contribution in [0.15, 0.2) is 11.1 Å². The molecule has 14 heavy (non-hydrogen) atoms. The maximum atomic E-state index is 11.7. The number of carbonyl (C=O) groups is 1. The quantitative estimate of drug-likeness (QED) is 0.680. The third kappa shape index (κ3) is 2.42. The van der Waals surface area contributed by atoms with Crippen LogP contribution in [0.5, 0.6) is 0 Å². The highest BCUT2D eigenvalue weighted by Gasteiger charge is 2.29. The van der Waals surface area contributed by atoms with E-state index in [1.54, 1.807) is 7.11 Å². The van der Waals surface area contributed by atoms with Gasteiger partial charge >= 0.3 is 0 Å². The van der Waals surface area contributed by atoms with E-state index in [4.69, 9.17) is 4.74 Å². The molecule has 1 aliphatic rings. The van der Waals surface area contributed by atoms with E-state index in [1.165, 1.54) is 0 Å². The molecule has 0 spiro atoms. The molecule has 0 radical (unpaired) electrons. The van der Waals surface area contributed by atoms with Crippen LogP contribution in [0, 0.1) is 5.92 Å². The number of Topliss-reactive ketones (excluding diaryl/α,β-unsaturated/α-hetero) is 1. The van der Waals surface area contributed by atoms with Gasteiger partial charge in [0.25, 0.3) is 0 Å². The van der Waals surface area contributed by atoms with Gasteiger partial charge in [0.1, 0.15) is 0 Å². The molecule has 0 aromatic rings. The lowest BCUT2D eigenvalue weighted by Gasteiger charge is -2.26. The van der Waals surface area contributed by atoms with Crippen LogP contribution in [-0.2, 0) is 9.53 Å². The van der Waals surface area contributed by atoms with Crippen LogP contribution in [0.4, 0.5) is 0 Å². The fourth-order valence-corrected chi connectivity index (χ4v) is 2.01. The molecular formula is C11H18O3. The summed E-state index contributed by atoms with van der Waals surface area (Å²) in [7, 11) is 1.59. The van der Waals surface area contributed by atoms with Gasteiger partial charge in [-0.2, -0.15) is 0 Å². The normalized spacial score (nSPS) is 31.9. The Balaban J connectivity index is 2.86. The van der Waals surface area contributed by atoms with Gasteiger partial charge in [-0.15, -0.1) is 0 Å². The molecule has 2 unspecified atom stereocenters. The summed E-state index contributed by atoms with van der Waals surface area (Å²) in [6.45, 7) is 4.26. The number of hydrogen-bond donors (Lipinski definition) is 1. The molecule has 0 saturated heterocycles. The van der Waals surface area contributed by atoms with E-state index >= 15 is 0 Å². The van der Waals surface area contributed by atoms with Crippen LogP contribution in [0.25, 0.3) is 0 Å². The van der Waals surface area contributed by atoms with E-state index in [2.05, 4.69) is 0 Å². The second kappa shape index (κ2) is 4.71. The van der Waals surface area contributed by atoms with Crippen molar-refractivity contribution in [1.82, 2.24) is 0 Å². The lowest BCUT2D eigenvalue weighted by Crippen LogP contribution is -2.29. The third-order valence-electron chi connectivity index (χ3n) is 2.61. The highest BCUT2D eigenvalue weighted by atomic mass is 16.5. The smallest absolute Gasteiger partial charge is 0.161 e. The van der Waals surface area contributed by atoms with E-state index < -0.39 is 6.10 Å². The average Bonchev–Trinajstić information content (AvgIpc) is 2.01. The highest BCUT2D eigenvalue weighted by molar-refractivity contribution is 5.97. The number of hydrogen-bond acceptors (Lipinski definition) is 3. The lowest BCUT2D eigenvalue weighted by atomic mass is 9.82. The average molecular weight is 198 g/mol. The zero-order chi connectivity index (χ0) is 10.7. The summed E-state index contributed by atoms with van der Waals surface area (Å²) in [5.74, 6) is 0.363. The summed E-state index contributed by atoms with van der Waals surface area (Å²) in [5, 5.41) is 9.77. The van der Waals surface area contributed by atoms with Crippen LogP contribution < -0.4 is 0 Å². The van der Waals surface area contributed by atoms with Crippen LogP contribution in [0.1, 0.15) is 26.7 Å². The van der Waals surface area contributed by atoms with Gasteiger partial charge in [0.05, 0.1) is 12.7 Å². The van der Waals surface area contributed by atoms with Gasteiger partial charge in [0, 0.05) is 19.1 Å². The van der Waals surface area contributed by atoms with Crippen molar-refractivity contribution in [1.29, 1.82) is 0 Å². The highest BCUT2D eigenvalue weighted by Crippen LogP contribution is 2.27. The van der Waals surface area contributed by atoms with Crippen molar-refractivity contribution in [2.24, 2.45) is 5.92 Å². The number of ether oxygens (including phenoxy) is 1. The molecule has 3 heteroatoms. The molecule has 1 fully saturated rings. The largest absolute Gasteiger partial charge is 0.388 e. The van der Waals surface area contributed by atoms with Gasteiger partial charge in [-0.3, -0.25) is 4.79 Å². The van der Waals surface area contributed by atoms with E-state index in [0.29, 0.717) is 25.0 Å². The van der Waals surface area contributed by atoms with Crippen molar-refractivity contribution < 1.29 is 14.6 Å².